The lowest BCUT2D eigenvalue weighted by Gasteiger charge is -2.14. The van der Waals surface area contributed by atoms with Gasteiger partial charge in [0.15, 0.2) is 0 Å². The number of nitrogens with one attached hydrogen (secondary N) is 2. The van der Waals surface area contributed by atoms with Crippen LogP contribution in [0.3, 0.4) is 0 Å². The number of hydrogen-bond donors (Lipinski definition) is 2. The molecule has 2 N–H and O–H groups in total. The van der Waals surface area contributed by atoms with Crippen LogP contribution >= 0.6 is 0 Å². The van der Waals surface area contributed by atoms with Crippen molar-refractivity contribution in [2.75, 3.05) is 17.2 Å². The van der Waals surface area contributed by atoms with E-state index in [4.69, 9.17) is 0 Å². The highest BCUT2D eigenvalue weighted by molar-refractivity contribution is 5.58. The van der Waals surface area contributed by atoms with Crippen molar-refractivity contribution < 1.29 is 0 Å². The molecule has 1 aliphatic rings. The van der Waals surface area contributed by atoms with Crippen LogP contribution in [0.1, 0.15) is 38.6 Å². The van der Waals surface area contributed by atoms with E-state index in [2.05, 4.69) is 48.3 Å². The first kappa shape index (κ1) is 12.1. The summed E-state index contributed by atoms with van der Waals surface area (Å²) >= 11 is 0. The average Bonchev–Trinajstić information content (AvgIpc) is 2.82. The summed E-state index contributed by atoms with van der Waals surface area (Å²) in [5.74, 6) is 2.73. The van der Waals surface area contributed by atoms with Crippen molar-refractivity contribution in [3.8, 4) is 0 Å². The minimum absolute atomic E-state index is 0.406. The van der Waals surface area contributed by atoms with Crippen LogP contribution in [0, 0.1) is 19.3 Å². The summed E-state index contributed by atoms with van der Waals surface area (Å²) in [5.41, 5.74) is 1.52. The van der Waals surface area contributed by atoms with E-state index in [0.29, 0.717) is 11.5 Å². The average molecular weight is 234 g/mol. The molecular formula is C13H22N4. The third kappa shape index (κ3) is 2.51. The quantitative estimate of drug-likeness (QED) is 0.841. The molecule has 17 heavy (non-hydrogen) atoms. The summed E-state index contributed by atoms with van der Waals surface area (Å²) in [7, 11) is 0. The second-order valence-corrected chi connectivity index (χ2v) is 5.51. The van der Waals surface area contributed by atoms with E-state index in [0.717, 1.165) is 29.6 Å². The molecule has 0 aromatic carbocycles. The van der Waals surface area contributed by atoms with Gasteiger partial charge in [0.2, 0.25) is 0 Å². The van der Waals surface area contributed by atoms with Gasteiger partial charge in [-0.2, -0.15) is 0 Å². The zero-order valence-electron chi connectivity index (χ0n) is 11.4. The summed E-state index contributed by atoms with van der Waals surface area (Å²) in [4.78, 5) is 8.92. The fourth-order valence-electron chi connectivity index (χ4n) is 1.99. The summed E-state index contributed by atoms with van der Waals surface area (Å²) in [6.07, 6.45) is 1.21. The molecule has 0 saturated heterocycles. The summed E-state index contributed by atoms with van der Waals surface area (Å²) in [6.45, 7) is 11.5. The van der Waals surface area contributed by atoms with Crippen molar-refractivity contribution in [3.05, 3.63) is 11.4 Å². The highest BCUT2D eigenvalue weighted by Gasteiger charge is 2.46. The van der Waals surface area contributed by atoms with Gasteiger partial charge in [-0.1, -0.05) is 13.8 Å². The summed E-state index contributed by atoms with van der Waals surface area (Å²) in [5, 5.41) is 6.80. The molecule has 1 aliphatic carbocycles. The molecule has 0 amide bonds. The predicted octanol–water partition coefficient (Wildman–Crippen LogP) is 2.74. The van der Waals surface area contributed by atoms with Crippen LogP contribution in [0.25, 0.3) is 0 Å². The highest BCUT2D eigenvalue weighted by Crippen LogP contribution is 2.46. The third-order valence-corrected chi connectivity index (χ3v) is 3.43. The smallest absolute Gasteiger partial charge is 0.134 e. The molecule has 1 atom stereocenters. The van der Waals surface area contributed by atoms with Gasteiger partial charge in [-0.3, -0.25) is 0 Å². The van der Waals surface area contributed by atoms with E-state index in [1.807, 2.05) is 6.92 Å². The molecule has 1 unspecified atom stereocenters. The van der Waals surface area contributed by atoms with Gasteiger partial charge in [-0.15, -0.1) is 0 Å². The largest absolute Gasteiger partial charge is 0.370 e. The van der Waals surface area contributed by atoms with Gasteiger partial charge < -0.3 is 10.6 Å². The van der Waals surface area contributed by atoms with Gasteiger partial charge in [-0.25, -0.2) is 9.97 Å². The number of hydrogen-bond acceptors (Lipinski definition) is 4. The molecular weight excluding hydrogens is 212 g/mol. The fourth-order valence-corrected chi connectivity index (χ4v) is 1.99. The molecule has 0 radical (unpaired) electrons. The maximum atomic E-state index is 4.50. The van der Waals surface area contributed by atoms with Crippen LogP contribution in [0.5, 0.6) is 0 Å². The minimum Gasteiger partial charge on any atom is -0.370 e. The normalized spacial score (nSPS) is 21.1. The van der Waals surface area contributed by atoms with Gasteiger partial charge in [0.1, 0.15) is 17.5 Å². The topological polar surface area (TPSA) is 49.8 Å². The first-order chi connectivity index (χ1) is 7.94. The van der Waals surface area contributed by atoms with Crippen LogP contribution in [-0.4, -0.2) is 22.6 Å². The third-order valence-electron chi connectivity index (χ3n) is 3.43. The van der Waals surface area contributed by atoms with Crippen LogP contribution in [0.15, 0.2) is 0 Å². The summed E-state index contributed by atoms with van der Waals surface area (Å²) in [6, 6.07) is 0.546. The molecule has 1 aromatic rings. The Morgan fingerprint density at radius 1 is 1.24 bits per heavy atom. The number of anilines is 2. The Labute approximate surface area is 103 Å². The second kappa shape index (κ2) is 4.17. The van der Waals surface area contributed by atoms with Crippen LogP contribution < -0.4 is 10.6 Å². The molecule has 4 heteroatoms. The lowest BCUT2D eigenvalue weighted by atomic mass is 10.2. The molecule has 0 aliphatic heterocycles. The first-order valence-corrected chi connectivity index (χ1v) is 6.29. The van der Waals surface area contributed by atoms with Gasteiger partial charge in [0.05, 0.1) is 0 Å². The van der Waals surface area contributed by atoms with E-state index in [1.165, 1.54) is 6.42 Å². The Kier molecular flexibility index (Phi) is 2.98. The van der Waals surface area contributed by atoms with Crippen LogP contribution in [0.4, 0.5) is 11.6 Å². The maximum Gasteiger partial charge on any atom is 0.134 e. The molecule has 1 fully saturated rings. The first-order valence-electron chi connectivity index (χ1n) is 6.29. The molecule has 4 nitrogen and oxygen atoms in total. The van der Waals surface area contributed by atoms with Crippen LogP contribution in [-0.2, 0) is 0 Å². The Morgan fingerprint density at radius 2 is 1.82 bits per heavy atom. The minimum atomic E-state index is 0.406. The van der Waals surface area contributed by atoms with Gasteiger partial charge in [0, 0.05) is 18.2 Å². The fraction of sp³-hybridized carbons (Fsp3) is 0.692. The Bertz CT molecular complexity index is 426. The van der Waals surface area contributed by atoms with E-state index in [1.54, 1.807) is 0 Å². The highest BCUT2D eigenvalue weighted by atomic mass is 15.1. The van der Waals surface area contributed by atoms with Gasteiger partial charge >= 0.3 is 0 Å². The molecule has 0 bridgehead atoms. The van der Waals surface area contributed by atoms with E-state index < -0.39 is 0 Å². The van der Waals surface area contributed by atoms with E-state index in [-0.39, 0.29) is 0 Å². The van der Waals surface area contributed by atoms with Crippen molar-refractivity contribution in [1.29, 1.82) is 0 Å². The van der Waals surface area contributed by atoms with Crippen molar-refractivity contribution in [2.45, 2.75) is 47.1 Å². The number of aromatic nitrogens is 2. The summed E-state index contributed by atoms with van der Waals surface area (Å²) < 4.78 is 0. The standard InChI is InChI=1S/C13H22N4/c1-6-14-11-8(2)12(16-9(3)15-11)17-10-7-13(10,4)5/h10H,6-7H2,1-5H3,(H2,14,15,16,17). The Morgan fingerprint density at radius 3 is 2.35 bits per heavy atom. The molecule has 1 heterocycles. The maximum absolute atomic E-state index is 4.50. The molecule has 2 rings (SSSR count). The van der Waals surface area contributed by atoms with Gasteiger partial charge in [0.25, 0.3) is 0 Å². The number of nitrogens with zero attached hydrogens (tertiary/aromatic N) is 2. The Balaban J connectivity index is 2.21. The lowest BCUT2D eigenvalue weighted by Crippen LogP contribution is -2.14. The molecule has 1 saturated carbocycles. The van der Waals surface area contributed by atoms with Crippen molar-refractivity contribution in [1.82, 2.24) is 9.97 Å². The van der Waals surface area contributed by atoms with Crippen molar-refractivity contribution in [3.63, 3.8) is 0 Å². The van der Waals surface area contributed by atoms with Gasteiger partial charge in [-0.05, 0) is 32.6 Å². The van der Waals surface area contributed by atoms with Crippen molar-refractivity contribution in [2.24, 2.45) is 5.41 Å². The molecule has 94 valence electrons. The lowest BCUT2D eigenvalue weighted by molar-refractivity contribution is 0.629. The Hall–Kier alpha value is -1.32. The van der Waals surface area contributed by atoms with E-state index in [9.17, 15) is 0 Å². The second-order valence-electron chi connectivity index (χ2n) is 5.51. The monoisotopic (exact) mass is 234 g/mol. The SMILES string of the molecule is CCNc1nc(C)nc(NC2CC2(C)C)c1C. The van der Waals surface area contributed by atoms with Crippen molar-refractivity contribution >= 4 is 11.6 Å². The molecule has 1 aromatic heterocycles. The van der Waals surface area contributed by atoms with Crippen LogP contribution in [0.2, 0.25) is 0 Å². The molecule has 0 spiro atoms. The predicted molar refractivity (Wildman–Crippen MR) is 71.5 cm³/mol. The number of rotatable bonds is 4. The van der Waals surface area contributed by atoms with E-state index >= 15 is 0 Å². The zero-order chi connectivity index (χ0) is 12.6. The number of aryl methyl sites for hydroxylation is 1. The zero-order valence-corrected chi connectivity index (χ0v) is 11.4.